The first kappa shape index (κ1) is 12.6. The molecule has 0 aliphatic rings. The number of carbonyl (C=O) groups excluding carboxylic acids is 1. The highest BCUT2D eigenvalue weighted by molar-refractivity contribution is 6.31. The lowest BCUT2D eigenvalue weighted by Gasteiger charge is -2.10. The highest BCUT2D eigenvalue weighted by atomic mass is 35.5. The minimum Gasteiger partial charge on any atom is -0.496 e. The van der Waals surface area contributed by atoms with Gasteiger partial charge in [0.05, 0.1) is 30.6 Å². The van der Waals surface area contributed by atoms with Gasteiger partial charge in [0.1, 0.15) is 12.0 Å². The van der Waals surface area contributed by atoms with Gasteiger partial charge in [0.25, 0.3) is 0 Å². The number of aromatic nitrogens is 2. The Labute approximate surface area is 110 Å². The molecule has 2 rings (SSSR count). The van der Waals surface area contributed by atoms with Crippen LogP contribution in [-0.2, 0) is 6.54 Å². The van der Waals surface area contributed by atoms with E-state index in [0.717, 1.165) is 23.3 Å². The van der Waals surface area contributed by atoms with E-state index in [1.54, 1.807) is 36.2 Å². The van der Waals surface area contributed by atoms with Crippen LogP contribution in [0.3, 0.4) is 0 Å². The Morgan fingerprint density at radius 2 is 2.28 bits per heavy atom. The van der Waals surface area contributed by atoms with E-state index in [2.05, 4.69) is 5.10 Å². The van der Waals surface area contributed by atoms with Crippen molar-refractivity contribution in [2.45, 2.75) is 13.5 Å². The van der Waals surface area contributed by atoms with Crippen molar-refractivity contribution in [2.75, 3.05) is 7.11 Å². The fourth-order valence-electron chi connectivity index (χ4n) is 1.74. The number of benzene rings is 1. The summed E-state index contributed by atoms with van der Waals surface area (Å²) in [4.78, 5) is 10.8. The van der Waals surface area contributed by atoms with E-state index < -0.39 is 0 Å². The molecular weight excluding hydrogens is 252 g/mol. The molecule has 0 aliphatic carbocycles. The minimum absolute atomic E-state index is 0.517. The van der Waals surface area contributed by atoms with Crippen molar-refractivity contribution in [3.63, 3.8) is 0 Å². The molecule has 0 amide bonds. The van der Waals surface area contributed by atoms with Gasteiger partial charge in [-0.25, -0.2) is 0 Å². The number of carbonyl (C=O) groups is 1. The Hall–Kier alpha value is -1.81. The van der Waals surface area contributed by atoms with E-state index in [9.17, 15) is 4.79 Å². The van der Waals surface area contributed by atoms with Gasteiger partial charge in [-0.2, -0.15) is 5.10 Å². The molecule has 0 saturated heterocycles. The molecule has 0 radical (unpaired) electrons. The number of ether oxygens (including phenoxy) is 1. The molecule has 94 valence electrons. The lowest BCUT2D eigenvalue weighted by Crippen LogP contribution is -2.05. The number of hydrogen-bond acceptors (Lipinski definition) is 3. The third kappa shape index (κ3) is 2.38. The summed E-state index contributed by atoms with van der Waals surface area (Å²) in [6.45, 7) is 2.41. The summed E-state index contributed by atoms with van der Waals surface area (Å²) in [7, 11) is 1.60. The maximum Gasteiger partial charge on any atom is 0.150 e. The summed E-state index contributed by atoms with van der Waals surface area (Å²) in [6, 6.07) is 5.29. The Kier molecular flexibility index (Phi) is 3.67. The summed E-state index contributed by atoms with van der Waals surface area (Å²) in [6.07, 6.45) is 2.42. The molecule has 0 bridgehead atoms. The van der Waals surface area contributed by atoms with Gasteiger partial charge in [-0.1, -0.05) is 11.6 Å². The summed E-state index contributed by atoms with van der Waals surface area (Å²) in [5, 5.41) is 4.81. The van der Waals surface area contributed by atoms with Crippen molar-refractivity contribution >= 4 is 17.9 Å². The van der Waals surface area contributed by atoms with Crippen LogP contribution in [0.2, 0.25) is 5.02 Å². The number of nitrogens with zero attached hydrogens (tertiary/aromatic N) is 2. The molecule has 5 heteroatoms. The van der Waals surface area contributed by atoms with Crippen LogP contribution in [0.15, 0.2) is 24.4 Å². The van der Waals surface area contributed by atoms with Crippen LogP contribution in [0.4, 0.5) is 0 Å². The SMILES string of the molecule is COc1ccc(C=O)cc1Cn1ncc(Cl)c1C. The second-order valence-electron chi connectivity index (χ2n) is 3.92. The third-order valence-corrected chi connectivity index (χ3v) is 3.18. The second kappa shape index (κ2) is 5.23. The normalized spacial score (nSPS) is 10.4. The van der Waals surface area contributed by atoms with E-state index >= 15 is 0 Å². The van der Waals surface area contributed by atoms with Crippen molar-refractivity contribution in [3.8, 4) is 5.75 Å². The predicted molar refractivity (Wildman–Crippen MR) is 69.5 cm³/mol. The van der Waals surface area contributed by atoms with Gasteiger partial charge < -0.3 is 4.74 Å². The Morgan fingerprint density at radius 3 is 2.83 bits per heavy atom. The van der Waals surface area contributed by atoms with Gasteiger partial charge in [-0.15, -0.1) is 0 Å². The van der Waals surface area contributed by atoms with Crippen LogP contribution in [0.5, 0.6) is 5.75 Å². The molecule has 0 aliphatic heterocycles. The van der Waals surface area contributed by atoms with Gasteiger partial charge >= 0.3 is 0 Å². The van der Waals surface area contributed by atoms with E-state index in [1.807, 2.05) is 6.92 Å². The van der Waals surface area contributed by atoms with E-state index in [0.29, 0.717) is 17.1 Å². The van der Waals surface area contributed by atoms with Crippen molar-refractivity contribution in [3.05, 3.63) is 46.2 Å². The highest BCUT2D eigenvalue weighted by Crippen LogP contribution is 2.22. The van der Waals surface area contributed by atoms with Crippen LogP contribution in [0.1, 0.15) is 21.6 Å². The van der Waals surface area contributed by atoms with Gasteiger partial charge in [0, 0.05) is 11.1 Å². The van der Waals surface area contributed by atoms with Crippen LogP contribution in [0, 0.1) is 6.92 Å². The molecule has 2 aromatic rings. The van der Waals surface area contributed by atoms with Crippen LogP contribution in [-0.4, -0.2) is 23.2 Å². The number of rotatable bonds is 4. The van der Waals surface area contributed by atoms with Crippen molar-refractivity contribution < 1.29 is 9.53 Å². The zero-order chi connectivity index (χ0) is 13.1. The molecule has 18 heavy (non-hydrogen) atoms. The minimum atomic E-state index is 0.517. The van der Waals surface area contributed by atoms with Gasteiger partial charge in [0.2, 0.25) is 0 Å². The molecule has 0 N–H and O–H groups in total. The second-order valence-corrected chi connectivity index (χ2v) is 4.33. The molecular formula is C13H13ClN2O2. The first-order valence-corrected chi connectivity index (χ1v) is 5.83. The fourth-order valence-corrected chi connectivity index (χ4v) is 1.88. The largest absolute Gasteiger partial charge is 0.496 e. The highest BCUT2D eigenvalue weighted by Gasteiger charge is 2.09. The van der Waals surface area contributed by atoms with Crippen molar-refractivity contribution in [1.82, 2.24) is 9.78 Å². The molecule has 0 saturated carbocycles. The van der Waals surface area contributed by atoms with E-state index in [1.165, 1.54) is 0 Å². The smallest absolute Gasteiger partial charge is 0.150 e. The molecule has 1 heterocycles. The van der Waals surface area contributed by atoms with Gasteiger partial charge in [0.15, 0.2) is 0 Å². The Bertz CT molecular complexity index is 578. The average Bonchev–Trinajstić information content (AvgIpc) is 2.70. The maximum absolute atomic E-state index is 10.8. The first-order chi connectivity index (χ1) is 8.65. The summed E-state index contributed by atoms with van der Waals surface area (Å²) in [5.41, 5.74) is 2.39. The van der Waals surface area contributed by atoms with Crippen LogP contribution in [0.25, 0.3) is 0 Å². The number of aldehydes is 1. The Morgan fingerprint density at radius 1 is 1.50 bits per heavy atom. The molecule has 1 aromatic heterocycles. The topological polar surface area (TPSA) is 44.1 Å². The van der Waals surface area contributed by atoms with Crippen LogP contribution >= 0.6 is 11.6 Å². The van der Waals surface area contributed by atoms with E-state index in [4.69, 9.17) is 16.3 Å². The fraction of sp³-hybridized carbons (Fsp3) is 0.231. The Balaban J connectivity index is 2.38. The molecule has 0 spiro atoms. The lowest BCUT2D eigenvalue weighted by atomic mass is 10.1. The first-order valence-electron chi connectivity index (χ1n) is 5.45. The predicted octanol–water partition coefficient (Wildman–Crippen LogP) is 2.71. The molecule has 0 fully saturated rings. The monoisotopic (exact) mass is 264 g/mol. The number of hydrogen-bond donors (Lipinski definition) is 0. The summed E-state index contributed by atoms with van der Waals surface area (Å²) in [5.74, 6) is 0.728. The van der Waals surface area contributed by atoms with E-state index in [-0.39, 0.29) is 0 Å². The number of halogens is 1. The number of methoxy groups -OCH3 is 1. The van der Waals surface area contributed by atoms with Crippen LogP contribution < -0.4 is 4.74 Å². The molecule has 1 aromatic carbocycles. The van der Waals surface area contributed by atoms with Crippen molar-refractivity contribution in [1.29, 1.82) is 0 Å². The van der Waals surface area contributed by atoms with Crippen molar-refractivity contribution in [2.24, 2.45) is 0 Å². The maximum atomic E-state index is 10.8. The molecule has 0 atom stereocenters. The molecule has 4 nitrogen and oxygen atoms in total. The molecule has 0 unspecified atom stereocenters. The van der Waals surface area contributed by atoms with Gasteiger partial charge in [-0.05, 0) is 25.1 Å². The average molecular weight is 265 g/mol. The summed E-state index contributed by atoms with van der Waals surface area (Å²) >= 11 is 5.96. The zero-order valence-electron chi connectivity index (χ0n) is 10.2. The van der Waals surface area contributed by atoms with Gasteiger partial charge in [-0.3, -0.25) is 9.48 Å². The third-order valence-electron chi connectivity index (χ3n) is 2.80. The zero-order valence-corrected chi connectivity index (χ0v) is 10.9. The lowest BCUT2D eigenvalue weighted by molar-refractivity contribution is 0.112. The quantitative estimate of drug-likeness (QED) is 0.798. The summed E-state index contributed by atoms with van der Waals surface area (Å²) < 4.78 is 7.05. The standard InChI is InChI=1S/C13H13ClN2O2/c1-9-12(14)6-15-16(9)7-11-5-10(8-17)3-4-13(11)18-2/h3-6,8H,7H2,1-2H3.